The van der Waals surface area contributed by atoms with Gasteiger partial charge in [0.15, 0.2) is 0 Å². The van der Waals surface area contributed by atoms with E-state index in [0.717, 1.165) is 12.8 Å². The molecule has 1 rings (SSSR count). The number of rotatable bonds is 6. The van der Waals surface area contributed by atoms with Crippen LogP contribution in [0.4, 0.5) is 4.79 Å². The summed E-state index contributed by atoms with van der Waals surface area (Å²) in [5, 5.41) is 11.9. The Morgan fingerprint density at radius 2 is 2.15 bits per heavy atom. The van der Waals surface area contributed by atoms with Crippen molar-refractivity contribution in [2.24, 2.45) is 11.3 Å². The summed E-state index contributed by atoms with van der Waals surface area (Å²) in [4.78, 5) is 24.7. The highest BCUT2D eigenvalue weighted by Crippen LogP contribution is 2.20. The number of carbonyl (C=O) groups excluding carboxylic acids is 1. The van der Waals surface area contributed by atoms with Crippen molar-refractivity contribution in [2.75, 3.05) is 33.4 Å². The second-order valence-electron chi connectivity index (χ2n) is 6.19. The number of hydrogen-bond acceptors (Lipinski definition) is 3. The molecule has 2 N–H and O–H groups in total. The third-order valence-corrected chi connectivity index (χ3v) is 3.76. The molecule has 0 aromatic rings. The molecule has 20 heavy (non-hydrogen) atoms. The Morgan fingerprint density at radius 1 is 1.45 bits per heavy atom. The summed E-state index contributed by atoms with van der Waals surface area (Å²) < 4.78 is 5.05. The third-order valence-electron chi connectivity index (χ3n) is 3.76. The van der Waals surface area contributed by atoms with Crippen molar-refractivity contribution in [2.45, 2.75) is 33.1 Å². The lowest BCUT2D eigenvalue weighted by Crippen LogP contribution is -2.48. The summed E-state index contributed by atoms with van der Waals surface area (Å²) in [5.74, 6) is -1.25. The first-order valence-corrected chi connectivity index (χ1v) is 7.10. The van der Waals surface area contributed by atoms with Gasteiger partial charge >= 0.3 is 12.0 Å². The Labute approximate surface area is 120 Å². The van der Waals surface area contributed by atoms with E-state index >= 15 is 0 Å². The van der Waals surface area contributed by atoms with Crippen LogP contribution in [-0.2, 0) is 9.53 Å². The van der Waals surface area contributed by atoms with Gasteiger partial charge < -0.3 is 20.1 Å². The highest BCUT2D eigenvalue weighted by molar-refractivity contribution is 5.76. The zero-order chi connectivity index (χ0) is 15.2. The molecule has 1 aliphatic rings. The zero-order valence-corrected chi connectivity index (χ0v) is 12.6. The van der Waals surface area contributed by atoms with Crippen molar-refractivity contribution in [3.8, 4) is 0 Å². The molecule has 116 valence electrons. The van der Waals surface area contributed by atoms with Gasteiger partial charge in [-0.2, -0.15) is 0 Å². The molecule has 0 saturated carbocycles. The van der Waals surface area contributed by atoms with Gasteiger partial charge in [-0.05, 0) is 24.7 Å². The lowest BCUT2D eigenvalue weighted by Gasteiger charge is -2.32. The largest absolute Gasteiger partial charge is 0.481 e. The monoisotopic (exact) mass is 286 g/mol. The average molecular weight is 286 g/mol. The SMILES string of the molecule is COCCC(C)(C)CNC(=O)N1CCC[C@H](C(=O)O)C1. The number of hydrogen-bond donors (Lipinski definition) is 2. The van der Waals surface area contributed by atoms with E-state index in [0.29, 0.717) is 32.7 Å². The molecule has 1 saturated heterocycles. The van der Waals surface area contributed by atoms with Crippen LogP contribution in [0.15, 0.2) is 0 Å². The molecule has 0 unspecified atom stereocenters. The maximum absolute atomic E-state index is 12.1. The number of nitrogens with zero attached hydrogens (tertiary/aromatic N) is 1. The summed E-state index contributed by atoms with van der Waals surface area (Å²) in [6.45, 7) is 6.30. The number of amides is 2. The molecular weight excluding hydrogens is 260 g/mol. The number of piperidine rings is 1. The van der Waals surface area contributed by atoms with Gasteiger partial charge in [-0.25, -0.2) is 4.79 Å². The molecule has 6 heteroatoms. The van der Waals surface area contributed by atoms with Crippen LogP contribution in [-0.4, -0.2) is 55.4 Å². The van der Waals surface area contributed by atoms with Gasteiger partial charge in [-0.3, -0.25) is 4.79 Å². The Balaban J connectivity index is 2.40. The maximum Gasteiger partial charge on any atom is 0.317 e. The minimum absolute atomic E-state index is 0.0341. The fourth-order valence-corrected chi connectivity index (χ4v) is 2.26. The first-order valence-electron chi connectivity index (χ1n) is 7.10. The molecule has 1 aliphatic heterocycles. The van der Waals surface area contributed by atoms with E-state index in [-0.39, 0.29) is 11.4 Å². The van der Waals surface area contributed by atoms with E-state index in [1.54, 1.807) is 12.0 Å². The van der Waals surface area contributed by atoms with Crippen LogP contribution < -0.4 is 5.32 Å². The topological polar surface area (TPSA) is 78.9 Å². The summed E-state index contributed by atoms with van der Waals surface area (Å²) >= 11 is 0. The zero-order valence-electron chi connectivity index (χ0n) is 12.6. The van der Waals surface area contributed by atoms with Crippen LogP contribution in [0.2, 0.25) is 0 Å². The van der Waals surface area contributed by atoms with Gasteiger partial charge in [0.25, 0.3) is 0 Å². The minimum atomic E-state index is -0.817. The Bertz CT molecular complexity index is 344. The van der Waals surface area contributed by atoms with Crippen molar-refractivity contribution in [3.63, 3.8) is 0 Å². The van der Waals surface area contributed by atoms with Crippen LogP contribution in [0.3, 0.4) is 0 Å². The number of carbonyl (C=O) groups is 2. The summed E-state index contributed by atoms with van der Waals surface area (Å²) in [6.07, 6.45) is 2.26. The second kappa shape index (κ2) is 7.47. The van der Waals surface area contributed by atoms with Gasteiger partial charge in [-0.1, -0.05) is 13.8 Å². The number of carboxylic acids is 1. The summed E-state index contributed by atoms with van der Waals surface area (Å²) in [7, 11) is 1.66. The van der Waals surface area contributed by atoms with Crippen molar-refractivity contribution < 1.29 is 19.4 Å². The molecule has 0 aromatic heterocycles. The lowest BCUT2D eigenvalue weighted by molar-refractivity contribution is -0.143. The predicted octanol–water partition coefficient (Wildman–Crippen LogP) is 1.56. The quantitative estimate of drug-likeness (QED) is 0.776. The molecule has 0 aromatic carbocycles. The predicted molar refractivity (Wildman–Crippen MR) is 75.6 cm³/mol. The van der Waals surface area contributed by atoms with Crippen molar-refractivity contribution >= 4 is 12.0 Å². The molecule has 0 bridgehead atoms. The fourth-order valence-electron chi connectivity index (χ4n) is 2.26. The van der Waals surface area contributed by atoms with E-state index in [9.17, 15) is 9.59 Å². The molecule has 1 heterocycles. The van der Waals surface area contributed by atoms with E-state index in [1.807, 2.05) is 0 Å². The minimum Gasteiger partial charge on any atom is -0.481 e. The Morgan fingerprint density at radius 3 is 2.75 bits per heavy atom. The second-order valence-corrected chi connectivity index (χ2v) is 6.19. The fraction of sp³-hybridized carbons (Fsp3) is 0.857. The van der Waals surface area contributed by atoms with Gasteiger partial charge in [0.2, 0.25) is 0 Å². The Kier molecular flexibility index (Phi) is 6.26. The van der Waals surface area contributed by atoms with Crippen molar-refractivity contribution in [1.29, 1.82) is 0 Å². The average Bonchev–Trinajstić information content (AvgIpc) is 2.43. The lowest BCUT2D eigenvalue weighted by atomic mass is 9.90. The van der Waals surface area contributed by atoms with Crippen LogP contribution >= 0.6 is 0 Å². The van der Waals surface area contributed by atoms with Crippen molar-refractivity contribution in [3.05, 3.63) is 0 Å². The molecule has 0 radical (unpaired) electrons. The van der Waals surface area contributed by atoms with E-state index in [1.165, 1.54) is 0 Å². The molecule has 1 fully saturated rings. The first-order chi connectivity index (χ1) is 9.35. The number of ether oxygens (including phenoxy) is 1. The molecule has 0 aliphatic carbocycles. The number of aliphatic carboxylic acids is 1. The highest BCUT2D eigenvalue weighted by atomic mass is 16.5. The van der Waals surface area contributed by atoms with Gasteiger partial charge in [0, 0.05) is 33.4 Å². The smallest absolute Gasteiger partial charge is 0.317 e. The van der Waals surface area contributed by atoms with E-state index in [2.05, 4.69) is 19.2 Å². The van der Waals surface area contributed by atoms with E-state index in [4.69, 9.17) is 9.84 Å². The van der Waals surface area contributed by atoms with Crippen LogP contribution in [0.5, 0.6) is 0 Å². The van der Waals surface area contributed by atoms with Crippen molar-refractivity contribution in [1.82, 2.24) is 10.2 Å². The standard InChI is InChI=1S/C14H26N2O4/c1-14(2,6-8-20-3)10-15-13(19)16-7-4-5-11(9-16)12(17)18/h11H,4-10H2,1-3H3,(H,15,19)(H,17,18)/t11-/m0/s1. The normalized spacial score (nSPS) is 19.8. The molecule has 0 spiro atoms. The molecule has 6 nitrogen and oxygen atoms in total. The number of likely N-dealkylation sites (tertiary alicyclic amines) is 1. The number of carboxylic acid groups (broad SMARTS) is 1. The number of nitrogens with one attached hydrogen (secondary N) is 1. The number of methoxy groups -OCH3 is 1. The number of urea groups is 1. The first kappa shape index (κ1) is 16.8. The van der Waals surface area contributed by atoms with Gasteiger partial charge in [-0.15, -0.1) is 0 Å². The summed E-state index contributed by atoms with van der Waals surface area (Å²) in [6, 6.07) is -0.165. The van der Waals surface area contributed by atoms with Gasteiger partial charge in [0.05, 0.1) is 5.92 Å². The molecule has 1 atom stereocenters. The third kappa shape index (κ3) is 5.36. The maximum atomic E-state index is 12.1. The van der Waals surface area contributed by atoms with Crippen LogP contribution in [0, 0.1) is 11.3 Å². The molecular formula is C14H26N2O4. The van der Waals surface area contributed by atoms with Crippen LogP contribution in [0.1, 0.15) is 33.1 Å². The molecule has 2 amide bonds. The van der Waals surface area contributed by atoms with Gasteiger partial charge in [0.1, 0.15) is 0 Å². The van der Waals surface area contributed by atoms with Crippen LogP contribution in [0.25, 0.3) is 0 Å². The highest BCUT2D eigenvalue weighted by Gasteiger charge is 2.28. The summed E-state index contributed by atoms with van der Waals surface area (Å²) in [5.41, 5.74) is -0.0341. The van der Waals surface area contributed by atoms with E-state index < -0.39 is 11.9 Å². The Hall–Kier alpha value is -1.30.